The van der Waals surface area contributed by atoms with Crippen molar-refractivity contribution in [3.05, 3.63) is 22.7 Å². The molecule has 0 bridgehead atoms. The molecule has 0 aliphatic heterocycles. The van der Waals surface area contributed by atoms with Crippen LogP contribution >= 0.6 is 0 Å². The van der Waals surface area contributed by atoms with Crippen molar-refractivity contribution in [3.63, 3.8) is 0 Å². The predicted molar refractivity (Wildman–Crippen MR) is 84.5 cm³/mol. The first kappa shape index (κ1) is 20.0. The third-order valence-corrected chi connectivity index (χ3v) is 4.05. The van der Waals surface area contributed by atoms with E-state index < -0.39 is 15.9 Å². The molecule has 4 nitrogen and oxygen atoms in total. The molecular formula is C16H26AlO4. The maximum absolute atomic E-state index is 11.5. The maximum atomic E-state index is 11.5. The van der Waals surface area contributed by atoms with Gasteiger partial charge >= 0.3 is 15.9 Å². The van der Waals surface area contributed by atoms with Crippen molar-refractivity contribution in [2.45, 2.75) is 67.2 Å². The van der Waals surface area contributed by atoms with Crippen molar-refractivity contribution in [2.75, 3.05) is 0 Å². The highest BCUT2D eigenvalue weighted by Crippen LogP contribution is 2.15. The zero-order chi connectivity index (χ0) is 16.4. The fourth-order valence-corrected chi connectivity index (χ4v) is 2.63. The van der Waals surface area contributed by atoms with E-state index in [1.165, 1.54) is 0 Å². The van der Waals surface area contributed by atoms with E-state index in [2.05, 4.69) is 0 Å². The number of rotatable bonds is 10. The Hall–Kier alpha value is -1.05. The van der Waals surface area contributed by atoms with Crippen LogP contribution in [0.1, 0.15) is 67.2 Å². The molecule has 0 saturated heterocycles. The number of carbonyl (C=O) groups is 2. The first-order chi connectivity index (χ1) is 9.84. The van der Waals surface area contributed by atoms with E-state index in [0.717, 1.165) is 24.0 Å². The topological polar surface area (TPSA) is 52.6 Å². The van der Waals surface area contributed by atoms with Crippen LogP contribution in [-0.2, 0) is 17.2 Å². The molecule has 0 heterocycles. The van der Waals surface area contributed by atoms with E-state index in [1.54, 1.807) is 27.7 Å². The lowest BCUT2D eigenvalue weighted by Gasteiger charge is -2.14. The van der Waals surface area contributed by atoms with Crippen molar-refractivity contribution >= 4 is 27.5 Å². The zero-order valence-electron chi connectivity index (χ0n) is 14.0. The molecule has 0 N–H and O–H groups in total. The summed E-state index contributed by atoms with van der Waals surface area (Å²) < 4.78 is 11.1. The van der Waals surface area contributed by atoms with E-state index in [0.29, 0.717) is 24.4 Å². The van der Waals surface area contributed by atoms with Crippen LogP contribution in [-0.4, -0.2) is 27.5 Å². The highest BCUT2D eigenvalue weighted by atomic mass is 27.2. The van der Waals surface area contributed by atoms with Gasteiger partial charge in [-0.15, -0.1) is 0 Å². The fourth-order valence-electron chi connectivity index (χ4n) is 2.01. The smallest absolute Gasteiger partial charge is 0.619 e. The van der Waals surface area contributed by atoms with Crippen LogP contribution in [0.3, 0.4) is 0 Å². The second-order valence-corrected chi connectivity index (χ2v) is 5.68. The molecule has 0 aromatic rings. The van der Waals surface area contributed by atoms with E-state index in [1.807, 2.05) is 13.8 Å². The molecule has 0 unspecified atom stereocenters. The Labute approximate surface area is 135 Å². The molecule has 0 aliphatic rings. The normalized spacial score (nSPS) is 13.0. The summed E-state index contributed by atoms with van der Waals surface area (Å²) >= 11 is -0.767. The predicted octanol–water partition coefficient (Wildman–Crippen LogP) is 3.88. The maximum Gasteiger partial charge on any atom is 0.881 e. The Bertz CT molecular complexity index is 396. The number of Topliss-reactive ketones (excluding diaryl/α,β-unsaturated/α-hetero) is 2. The highest BCUT2D eigenvalue weighted by molar-refractivity contribution is 6.19. The van der Waals surface area contributed by atoms with Crippen LogP contribution in [0.15, 0.2) is 22.7 Å². The van der Waals surface area contributed by atoms with Gasteiger partial charge in [0.15, 0.2) is 11.6 Å². The van der Waals surface area contributed by atoms with Crippen LogP contribution in [0.5, 0.6) is 0 Å². The largest absolute Gasteiger partial charge is 0.881 e. The monoisotopic (exact) mass is 309 g/mol. The van der Waals surface area contributed by atoms with E-state index in [4.69, 9.17) is 7.58 Å². The molecular weight excluding hydrogens is 283 g/mol. The number of carbonyl (C=O) groups excluding carboxylic acids is 2. The average Bonchev–Trinajstić information content (AvgIpc) is 2.40. The van der Waals surface area contributed by atoms with Gasteiger partial charge in [-0.2, -0.15) is 0 Å². The highest BCUT2D eigenvalue weighted by Gasteiger charge is 2.14. The lowest BCUT2D eigenvalue weighted by Crippen LogP contribution is -2.10. The molecule has 0 rings (SSSR count). The van der Waals surface area contributed by atoms with Gasteiger partial charge in [0, 0.05) is 11.1 Å². The van der Waals surface area contributed by atoms with E-state index in [9.17, 15) is 9.59 Å². The van der Waals surface area contributed by atoms with Crippen molar-refractivity contribution in [1.29, 1.82) is 0 Å². The summed E-state index contributed by atoms with van der Waals surface area (Å²) in [6.45, 7) is 10.7. The molecule has 117 valence electrons. The fraction of sp³-hybridized carbons (Fsp3) is 0.625. The van der Waals surface area contributed by atoms with Crippen LogP contribution in [0, 0.1) is 0 Å². The van der Waals surface area contributed by atoms with E-state index >= 15 is 0 Å². The zero-order valence-corrected chi connectivity index (χ0v) is 15.2. The first-order valence-corrected chi connectivity index (χ1v) is 8.35. The second kappa shape index (κ2) is 10.6. The van der Waals surface area contributed by atoms with Gasteiger partial charge in [0.2, 0.25) is 0 Å². The van der Waals surface area contributed by atoms with Gasteiger partial charge in [-0.25, -0.2) is 0 Å². The summed E-state index contributed by atoms with van der Waals surface area (Å²) in [6.07, 6.45) is 3.22. The lowest BCUT2D eigenvalue weighted by atomic mass is 10.1. The third-order valence-electron chi connectivity index (χ3n) is 3.15. The van der Waals surface area contributed by atoms with Gasteiger partial charge < -0.3 is 7.58 Å². The third kappa shape index (κ3) is 7.50. The van der Waals surface area contributed by atoms with Crippen molar-refractivity contribution < 1.29 is 17.2 Å². The summed E-state index contributed by atoms with van der Waals surface area (Å²) in [6, 6.07) is 0. The minimum Gasteiger partial charge on any atom is -0.619 e. The van der Waals surface area contributed by atoms with Crippen LogP contribution < -0.4 is 0 Å². The van der Waals surface area contributed by atoms with Gasteiger partial charge in [-0.05, 0) is 40.5 Å². The summed E-state index contributed by atoms with van der Waals surface area (Å²) in [5.41, 5.74) is 1.44. The second-order valence-electron chi connectivity index (χ2n) is 5.01. The average molecular weight is 309 g/mol. The number of hydrogen-bond acceptors (Lipinski definition) is 4. The Kier molecular flexibility index (Phi) is 10.1. The van der Waals surface area contributed by atoms with Crippen LogP contribution in [0.4, 0.5) is 0 Å². The van der Waals surface area contributed by atoms with Crippen molar-refractivity contribution in [2.24, 2.45) is 0 Å². The van der Waals surface area contributed by atoms with Crippen molar-refractivity contribution in [1.82, 2.24) is 0 Å². The number of allylic oxidation sites excluding steroid dienone is 4. The quantitative estimate of drug-likeness (QED) is 0.349. The van der Waals surface area contributed by atoms with Gasteiger partial charge in [0.05, 0.1) is 11.5 Å². The molecule has 5 heteroatoms. The summed E-state index contributed by atoms with van der Waals surface area (Å²) in [5.74, 6) is 1.34. The molecule has 0 spiro atoms. The first-order valence-electron chi connectivity index (χ1n) is 7.41. The van der Waals surface area contributed by atoms with Gasteiger partial charge in [-0.1, -0.05) is 26.7 Å². The molecule has 0 aromatic heterocycles. The van der Waals surface area contributed by atoms with Gasteiger partial charge in [-0.3, -0.25) is 9.59 Å². The molecule has 0 aliphatic carbocycles. The molecule has 0 aromatic carbocycles. The molecule has 0 amide bonds. The van der Waals surface area contributed by atoms with Crippen LogP contribution in [0.25, 0.3) is 0 Å². The molecule has 21 heavy (non-hydrogen) atoms. The molecule has 0 atom stereocenters. The minimum atomic E-state index is -0.767. The summed E-state index contributed by atoms with van der Waals surface area (Å²) in [4.78, 5) is 23.1. The van der Waals surface area contributed by atoms with Gasteiger partial charge in [0.25, 0.3) is 0 Å². The lowest BCUT2D eigenvalue weighted by molar-refractivity contribution is -0.114. The standard InChI is InChI=1S/2C8H14O2.Al/c2*1-4-5-8(6(2)9)7(3)10;/h2*9H,4-5H2,1-3H3;/q;;+2/p-2/b2*8-6-;. The van der Waals surface area contributed by atoms with Crippen LogP contribution in [0.2, 0.25) is 0 Å². The van der Waals surface area contributed by atoms with E-state index in [-0.39, 0.29) is 11.6 Å². The molecule has 1 radical (unpaired) electrons. The Morgan fingerprint density at radius 1 is 0.762 bits per heavy atom. The number of hydrogen-bond donors (Lipinski definition) is 0. The van der Waals surface area contributed by atoms with Crippen molar-refractivity contribution in [3.8, 4) is 0 Å². The summed E-state index contributed by atoms with van der Waals surface area (Å²) in [5, 5.41) is 0. The molecule has 0 fully saturated rings. The molecule has 0 saturated carbocycles. The summed E-state index contributed by atoms with van der Waals surface area (Å²) in [7, 11) is 0. The minimum absolute atomic E-state index is 0.0384. The van der Waals surface area contributed by atoms with Gasteiger partial charge in [0.1, 0.15) is 0 Å². The Morgan fingerprint density at radius 2 is 1.10 bits per heavy atom. The Balaban J connectivity index is 4.73. The SMILES string of the molecule is CCC/C(C(C)=O)=C(\C)[O][Al][O]/C(C)=C(/CCC)C(C)=O. The number of ketones is 2. The Morgan fingerprint density at radius 3 is 1.33 bits per heavy atom.